The Morgan fingerprint density at radius 1 is 1.15 bits per heavy atom. The molecular weight excluding hydrogens is 266 g/mol. The molecule has 0 spiro atoms. The van der Waals surface area contributed by atoms with E-state index in [9.17, 15) is 0 Å². The maximum Gasteiger partial charge on any atom is 0.204 e. The van der Waals surface area contributed by atoms with Crippen LogP contribution in [0, 0.1) is 0 Å². The van der Waals surface area contributed by atoms with Crippen LogP contribution in [-0.2, 0) is 23.7 Å². The van der Waals surface area contributed by atoms with Crippen LogP contribution in [0.4, 0.5) is 0 Å². The molecule has 3 aliphatic heterocycles. The summed E-state index contributed by atoms with van der Waals surface area (Å²) in [5.74, 6) is -2.50. The molecule has 8 nitrogen and oxygen atoms in total. The molecule has 0 bridgehead atoms. The second-order valence-electron chi connectivity index (χ2n) is 6.27. The van der Waals surface area contributed by atoms with Gasteiger partial charge in [-0.15, -0.1) is 0 Å². The van der Waals surface area contributed by atoms with Crippen molar-refractivity contribution in [3.05, 3.63) is 5.53 Å². The molecule has 3 fully saturated rings. The normalized spacial score (nSPS) is 44.7. The van der Waals surface area contributed by atoms with Crippen molar-refractivity contribution in [1.29, 1.82) is 0 Å². The Balaban J connectivity index is 1.87. The van der Waals surface area contributed by atoms with E-state index >= 15 is 0 Å². The Labute approximate surface area is 117 Å². The van der Waals surface area contributed by atoms with Crippen molar-refractivity contribution in [2.45, 2.75) is 63.4 Å². The molecule has 0 amide bonds. The summed E-state index contributed by atoms with van der Waals surface area (Å²) in [6, 6.07) is 0. The summed E-state index contributed by atoms with van der Waals surface area (Å²) in [7, 11) is 0. The van der Waals surface area contributed by atoms with E-state index in [-0.39, 0.29) is 18.8 Å². The molecule has 114 valence electrons. The minimum Gasteiger partial charge on any atom is -0.344 e. The second kappa shape index (κ2) is 4.35. The minimum absolute atomic E-state index is 0.192. The Bertz CT molecular complexity index is 416. The van der Waals surface area contributed by atoms with Crippen LogP contribution in [-0.4, -0.2) is 48.8 Å². The molecule has 0 aliphatic carbocycles. The van der Waals surface area contributed by atoms with Crippen molar-refractivity contribution < 1.29 is 28.9 Å². The van der Waals surface area contributed by atoms with Crippen molar-refractivity contribution in [2.24, 2.45) is 0 Å². The number of hydrogen-bond acceptors (Lipinski definition) is 5. The molecule has 3 rings (SSSR count). The van der Waals surface area contributed by atoms with Gasteiger partial charge >= 0.3 is 0 Å². The van der Waals surface area contributed by atoms with Crippen LogP contribution in [0.5, 0.6) is 0 Å². The van der Waals surface area contributed by atoms with Gasteiger partial charge in [0, 0.05) is 0 Å². The average Bonchev–Trinajstić information content (AvgIpc) is 2.78. The topological polar surface area (TPSA) is 94.5 Å². The Hall–Kier alpha value is -0.800. The van der Waals surface area contributed by atoms with Gasteiger partial charge in [0.05, 0.1) is 13.2 Å². The van der Waals surface area contributed by atoms with Gasteiger partial charge in [0.1, 0.15) is 18.3 Å². The largest absolute Gasteiger partial charge is 0.344 e. The van der Waals surface area contributed by atoms with Gasteiger partial charge in [-0.2, -0.15) is 10.8 Å². The summed E-state index contributed by atoms with van der Waals surface area (Å²) in [6.45, 7) is 7.92. The van der Waals surface area contributed by atoms with E-state index in [1.807, 2.05) is 32.9 Å². The average molecular weight is 287 g/mol. The molecule has 20 heavy (non-hydrogen) atoms. The van der Waals surface area contributed by atoms with Crippen molar-refractivity contribution in [3.8, 4) is 0 Å². The Morgan fingerprint density at radius 3 is 2.60 bits per heavy atom. The molecule has 3 saturated heterocycles. The fourth-order valence-corrected chi connectivity index (χ4v) is 3.14. The van der Waals surface area contributed by atoms with Crippen LogP contribution in [0.25, 0.3) is 5.53 Å². The van der Waals surface area contributed by atoms with Gasteiger partial charge in [0.25, 0.3) is 0 Å². The molecule has 3 heterocycles. The van der Waals surface area contributed by atoms with Crippen LogP contribution in [0.2, 0.25) is 0 Å². The second-order valence-corrected chi connectivity index (χ2v) is 6.27. The number of nitrogens with zero attached hydrogens (tertiary/aromatic N) is 1. The highest BCUT2D eigenvalue weighted by molar-refractivity contribution is 5.03. The third-order valence-corrected chi connectivity index (χ3v) is 3.69. The van der Waals surface area contributed by atoms with Gasteiger partial charge < -0.3 is 23.7 Å². The van der Waals surface area contributed by atoms with Crippen LogP contribution in [0.1, 0.15) is 27.7 Å². The third-order valence-electron chi connectivity index (χ3n) is 3.69. The van der Waals surface area contributed by atoms with Gasteiger partial charge in [0.2, 0.25) is 5.79 Å². The predicted octanol–water partition coefficient (Wildman–Crippen LogP) is -1.01. The standard InChI is InChI=1S/C12H21N3O5/c1-10(2)17-7-5-16-12(6-14-15-13)9(8(7)18-10)19-11(3,4)20-12/h7-9,15H,5-6H2,1-4H3,(H-,13,14)/t7-,8-,9-,12-/m1/s1. The summed E-state index contributed by atoms with van der Waals surface area (Å²) < 4.78 is 29.5. The van der Waals surface area contributed by atoms with Crippen LogP contribution in [0.3, 0.4) is 0 Å². The molecule has 2 N–H and O–H groups in total. The monoisotopic (exact) mass is 287 g/mol. The summed E-state index contributed by atoms with van der Waals surface area (Å²) >= 11 is 0. The first kappa shape index (κ1) is 14.2. The van der Waals surface area contributed by atoms with Gasteiger partial charge in [-0.05, 0) is 27.7 Å². The third kappa shape index (κ3) is 2.21. The minimum atomic E-state index is -1.02. The molecule has 0 aromatic carbocycles. The van der Waals surface area contributed by atoms with Crippen LogP contribution < -0.4 is 10.6 Å². The zero-order valence-electron chi connectivity index (χ0n) is 12.1. The van der Waals surface area contributed by atoms with Gasteiger partial charge in [0.15, 0.2) is 11.6 Å². The summed E-state index contributed by atoms with van der Waals surface area (Å²) in [4.78, 5) is 0. The predicted molar refractivity (Wildman–Crippen MR) is 64.9 cm³/mol. The number of nitrogens with one attached hydrogen (secondary N) is 2. The zero-order chi connectivity index (χ0) is 14.6. The lowest BCUT2D eigenvalue weighted by molar-refractivity contribution is -0.555. The molecule has 0 radical (unpaired) electrons. The quantitative estimate of drug-likeness (QED) is 0.510. The highest BCUT2D eigenvalue weighted by Crippen LogP contribution is 2.46. The van der Waals surface area contributed by atoms with Crippen LogP contribution in [0.15, 0.2) is 0 Å². The molecule has 0 unspecified atom stereocenters. The van der Waals surface area contributed by atoms with Gasteiger partial charge in [-0.1, -0.05) is 0 Å². The first-order valence-corrected chi connectivity index (χ1v) is 6.76. The molecule has 3 aliphatic rings. The smallest absolute Gasteiger partial charge is 0.204 e. The lowest BCUT2D eigenvalue weighted by Crippen LogP contribution is -2.79. The van der Waals surface area contributed by atoms with E-state index in [1.165, 1.54) is 0 Å². The molecule has 0 saturated carbocycles. The van der Waals surface area contributed by atoms with E-state index in [4.69, 9.17) is 29.2 Å². The molecule has 8 heteroatoms. The van der Waals surface area contributed by atoms with E-state index < -0.39 is 23.5 Å². The molecule has 0 aromatic rings. The van der Waals surface area contributed by atoms with Crippen molar-refractivity contribution in [2.75, 3.05) is 13.2 Å². The fraction of sp³-hybridized carbons (Fsp3) is 1.00. The fourth-order valence-electron chi connectivity index (χ4n) is 3.14. The highest BCUT2D eigenvalue weighted by atomic mass is 16.9. The van der Waals surface area contributed by atoms with Gasteiger partial charge in [-0.25, -0.2) is 0 Å². The first-order valence-electron chi connectivity index (χ1n) is 6.76. The molecule has 4 atom stereocenters. The number of rotatable bonds is 3. The maximum atomic E-state index is 8.75. The molecular formula is C12H21N3O5. The van der Waals surface area contributed by atoms with Gasteiger partial charge in [-0.3, -0.25) is 5.43 Å². The van der Waals surface area contributed by atoms with Crippen molar-refractivity contribution in [1.82, 2.24) is 5.43 Å². The van der Waals surface area contributed by atoms with Crippen LogP contribution >= 0.6 is 0 Å². The van der Waals surface area contributed by atoms with E-state index in [0.717, 1.165) is 0 Å². The number of ether oxygens (including phenoxy) is 5. The SMILES string of the molecule is CC1(C)O[C@H]2[C@H]3OC(C)(C)O[C@@]3(CN[NH+]=[N-])OC[C@H]2O1. The van der Waals surface area contributed by atoms with E-state index in [1.54, 1.807) is 0 Å². The Kier molecular flexibility index (Phi) is 3.07. The Morgan fingerprint density at radius 2 is 1.90 bits per heavy atom. The summed E-state index contributed by atoms with van der Waals surface area (Å²) in [6.07, 6.45) is -0.914. The zero-order valence-corrected chi connectivity index (χ0v) is 12.1. The van der Waals surface area contributed by atoms with E-state index in [0.29, 0.717) is 6.61 Å². The lowest BCUT2D eigenvalue weighted by Gasteiger charge is -2.41. The number of hydrogen-bond donors (Lipinski definition) is 2. The number of fused-ring (bicyclic) bond motifs is 3. The summed E-state index contributed by atoms with van der Waals surface area (Å²) in [5, 5.41) is 1.89. The van der Waals surface area contributed by atoms with E-state index in [2.05, 4.69) is 5.43 Å². The molecule has 0 aromatic heterocycles. The summed E-state index contributed by atoms with van der Waals surface area (Å²) in [5.41, 5.74) is 11.3. The highest BCUT2D eigenvalue weighted by Gasteiger charge is 2.64. The van der Waals surface area contributed by atoms with Crippen molar-refractivity contribution >= 4 is 0 Å². The van der Waals surface area contributed by atoms with Crippen molar-refractivity contribution in [3.63, 3.8) is 0 Å². The maximum absolute atomic E-state index is 8.75. The first-order chi connectivity index (χ1) is 9.27. The lowest BCUT2D eigenvalue weighted by atomic mass is 9.97. The number of hydrazine groups is 1.